The normalized spacial score (nSPS) is 13.2. The molecule has 0 aromatic carbocycles. The van der Waals surface area contributed by atoms with Crippen LogP contribution in [0.25, 0.3) is 0 Å². The molecule has 1 amide bonds. The Hall–Kier alpha value is -1.49. The molecular weight excluding hydrogens is 230 g/mol. The molecule has 102 valence electrons. The van der Waals surface area contributed by atoms with Crippen LogP contribution in [0.3, 0.4) is 0 Å². The number of rotatable bonds is 3. The van der Waals surface area contributed by atoms with Crippen LogP contribution in [-0.2, 0) is 4.74 Å². The van der Waals surface area contributed by atoms with E-state index in [9.17, 15) is 4.79 Å². The number of nitrogens with one attached hydrogen (secondary N) is 2. The van der Waals surface area contributed by atoms with Crippen LogP contribution in [0.1, 0.15) is 43.8 Å². The maximum absolute atomic E-state index is 11.7. The van der Waals surface area contributed by atoms with Crippen molar-refractivity contribution in [1.82, 2.24) is 10.3 Å². The molecule has 0 aliphatic rings. The van der Waals surface area contributed by atoms with Gasteiger partial charge in [-0.3, -0.25) is 0 Å². The highest BCUT2D eigenvalue weighted by Gasteiger charge is 2.21. The summed E-state index contributed by atoms with van der Waals surface area (Å²) in [4.78, 5) is 14.9. The van der Waals surface area contributed by atoms with Crippen molar-refractivity contribution < 1.29 is 9.53 Å². The van der Waals surface area contributed by atoms with Gasteiger partial charge in [-0.25, -0.2) is 4.79 Å². The third kappa shape index (κ3) is 4.07. The fourth-order valence-corrected chi connectivity index (χ4v) is 1.82. The van der Waals surface area contributed by atoms with Gasteiger partial charge in [0, 0.05) is 17.9 Å². The van der Waals surface area contributed by atoms with Gasteiger partial charge < -0.3 is 20.8 Å². The van der Waals surface area contributed by atoms with Gasteiger partial charge >= 0.3 is 6.09 Å². The number of H-pyrrole nitrogens is 1. The molecule has 5 heteroatoms. The number of alkyl carbamates (subject to hydrolysis) is 1. The van der Waals surface area contributed by atoms with E-state index in [2.05, 4.69) is 10.3 Å². The monoisotopic (exact) mass is 253 g/mol. The standard InChI is InChI=1S/C13H23N3O2/c1-8-6-10(9(2)15-8)11(7-14)16-12(17)18-13(3,4)5/h6,11,15H,7,14H2,1-5H3,(H,16,17). The Labute approximate surface area is 108 Å². The summed E-state index contributed by atoms with van der Waals surface area (Å²) in [7, 11) is 0. The van der Waals surface area contributed by atoms with E-state index in [4.69, 9.17) is 10.5 Å². The molecule has 4 N–H and O–H groups in total. The first kappa shape index (κ1) is 14.6. The molecule has 1 heterocycles. The predicted molar refractivity (Wildman–Crippen MR) is 71.4 cm³/mol. The van der Waals surface area contributed by atoms with Crippen molar-refractivity contribution in [2.24, 2.45) is 5.73 Å². The lowest BCUT2D eigenvalue weighted by Crippen LogP contribution is -2.37. The lowest BCUT2D eigenvalue weighted by Gasteiger charge is -2.23. The summed E-state index contributed by atoms with van der Waals surface area (Å²) in [6.07, 6.45) is -0.448. The molecule has 1 unspecified atom stereocenters. The second-order valence-electron chi connectivity index (χ2n) is 5.47. The summed E-state index contributed by atoms with van der Waals surface area (Å²) in [5.41, 5.74) is 8.27. The van der Waals surface area contributed by atoms with Crippen LogP contribution in [0.15, 0.2) is 6.07 Å². The zero-order chi connectivity index (χ0) is 13.9. The fraction of sp³-hybridized carbons (Fsp3) is 0.615. The van der Waals surface area contributed by atoms with Crippen molar-refractivity contribution in [3.05, 3.63) is 23.0 Å². The topological polar surface area (TPSA) is 80.1 Å². The van der Waals surface area contributed by atoms with E-state index < -0.39 is 11.7 Å². The lowest BCUT2D eigenvalue weighted by molar-refractivity contribution is 0.0505. The minimum atomic E-state index is -0.508. The molecule has 1 rings (SSSR count). The first-order valence-corrected chi connectivity index (χ1v) is 6.08. The number of aromatic nitrogens is 1. The highest BCUT2D eigenvalue weighted by Crippen LogP contribution is 2.18. The van der Waals surface area contributed by atoms with Crippen molar-refractivity contribution in [3.63, 3.8) is 0 Å². The van der Waals surface area contributed by atoms with Crippen molar-refractivity contribution in [2.75, 3.05) is 6.54 Å². The van der Waals surface area contributed by atoms with E-state index in [1.165, 1.54) is 0 Å². The molecule has 0 fully saturated rings. The van der Waals surface area contributed by atoms with Crippen LogP contribution in [0.5, 0.6) is 0 Å². The van der Waals surface area contributed by atoms with Gasteiger partial charge in [-0.15, -0.1) is 0 Å². The Morgan fingerprint density at radius 1 is 1.50 bits per heavy atom. The second-order valence-corrected chi connectivity index (χ2v) is 5.47. The number of carbonyl (C=O) groups is 1. The van der Waals surface area contributed by atoms with E-state index in [1.54, 1.807) is 0 Å². The van der Waals surface area contributed by atoms with Crippen molar-refractivity contribution in [3.8, 4) is 0 Å². The van der Waals surface area contributed by atoms with Gasteiger partial charge in [-0.05, 0) is 46.2 Å². The Balaban J connectivity index is 2.74. The van der Waals surface area contributed by atoms with Crippen LogP contribution in [0, 0.1) is 13.8 Å². The molecule has 0 radical (unpaired) electrons. The summed E-state index contributed by atoms with van der Waals surface area (Å²) in [6, 6.07) is 1.76. The molecular formula is C13H23N3O2. The second kappa shape index (κ2) is 5.44. The summed E-state index contributed by atoms with van der Waals surface area (Å²) in [5.74, 6) is 0. The Kier molecular flexibility index (Phi) is 4.40. The minimum Gasteiger partial charge on any atom is -0.444 e. The molecule has 18 heavy (non-hydrogen) atoms. The number of hydrogen-bond acceptors (Lipinski definition) is 3. The number of amides is 1. The molecule has 0 bridgehead atoms. The Bertz CT molecular complexity index is 418. The Morgan fingerprint density at radius 2 is 2.11 bits per heavy atom. The Morgan fingerprint density at radius 3 is 2.50 bits per heavy atom. The average Bonchev–Trinajstić information content (AvgIpc) is 2.51. The molecule has 1 atom stereocenters. The third-order valence-corrected chi connectivity index (χ3v) is 2.49. The first-order chi connectivity index (χ1) is 8.23. The number of ether oxygens (including phenoxy) is 1. The van der Waals surface area contributed by atoms with Crippen LogP contribution in [-0.4, -0.2) is 23.2 Å². The lowest BCUT2D eigenvalue weighted by atomic mass is 10.1. The molecule has 0 saturated heterocycles. The van der Waals surface area contributed by atoms with Crippen molar-refractivity contribution in [1.29, 1.82) is 0 Å². The van der Waals surface area contributed by atoms with Gasteiger partial charge in [0.05, 0.1) is 6.04 Å². The van der Waals surface area contributed by atoms with Crippen molar-refractivity contribution >= 4 is 6.09 Å². The predicted octanol–water partition coefficient (Wildman–Crippen LogP) is 2.16. The van der Waals surface area contributed by atoms with E-state index in [1.807, 2.05) is 40.7 Å². The zero-order valence-electron chi connectivity index (χ0n) is 11.8. The van der Waals surface area contributed by atoms with Crippen LogP contribution in [0.2, 0.25) is 0 Å². The number of hydrogen-bond donors (Lipinski definition) is 3. The highest BCUT2D eigenvalue weighted by molar-refractivity contribution is 5.68. The molecule has 0 aliphatic heterocycles. The number of carbonyl (C=O) groups excluding carboxylic acids is 1. The van der Waals surface area contributed by atoms with Crippen LogP contribution in [0.4, 0.5) is 4.79 Å². The zero-order valence-corrected chi connectivity index (χ0v) is 11.8. The maximum Gasteiger partial charge on any atom is 0.408 e. The van der Waals surface area contributed by atoms with Crippen LogP contribution >= 0.6 is 0 Å². The smallest absolute Gasteiger partial charge is 0.408 e. The van der Waals surface area contributed by atoms with Crippen LogP contribution < -0.4 is 11.1 Å². The summed E-state index contributed by atoms with van der Waals surface area (Å²) >= 11 is 0. The molecule has 0 aliphatic carbocycles. The molecule has 1 aromatic rings. The van der Waals surface area contributed by atoms with Gasteiger partial charge in [0.1, 0.15) is 5.60 Å². The van der Waals surface area contributed by atoms with E-state index in [0.29, 0.717) is 6.54 Å². The highest BCUT2D eigenvalue weighted by atomic mass is 16.6. The van der Waals surface area contributed by atoms with Crippen molar-refractivity contribution in [2.45, 2.75) is 46.3 Å². The van der Waals surface area contributed by atoms with E-state index >= 15 is 0 Å². The fourth-order valence-electron chi connectivity index (χ4n) is 1.82. The van der Waals surface area contributed by atoms with Gasteiger partial charge in [0.2, 0.25) is 0 Å². The molecule has 1 aromatic heterocycles. The summed E-state index contributed by atoms with van der Waals surface area (Å²) in [6.45, 7) is 9.75. The van der Waals surface area contributed by atoms with E-state index in [-0.39, 0.29) is 6.04 Å². The SMILES string of the molecule is Cc1cc(C(CN)NC(=O)OC(C)(C)C)c(C)[nH]1. The van der Waals surface area contributed by atoms with Gasteiger partial charge in [0.15, 0.2) is 0 Å². The minimum absolute atomic E-state index is 0.232. The average molecular weight is 253 g/mol. The molecule has 0 spiro atoms. The maximum atomic E-state index is 11.7. The number of aryl methyl sites for hydroxylation is 2. The summed E-state index contributed by atoms with van der Waals surface area (Å²) in [5, 5.41) is 2.79. The number of aromatic amines is 1. The number of nitrogens with two attached hydrogens (primary N) is 1. The summed E-state index contributed by atoms with van der Waals surface area (Å²) < 4.78 is 5.22. The van der Waals surface area contributed by atoms with E-state index in [0.717, 1.165) is 17.0 Å². The van der Waals surface area contributed by atoms with Gasteiger partial charge in [-0.2, -0.15) is 0 Å². The largest absolute Gasteiger partial charge is 0.444 e. The van der Waals surface area contributed by atoms with Gasteiger partial charge in [0.25, 0.3) is 0 Å². The quantitative estimate of drug-likeness (QED) is 0.772. The third-order valence-electron chi connectivity index (χ3n) is 2.49. The van der Waals surface area contributed by atoms with Gasteiger partial charge in [-0.1, -0.05) is 0 Å². The molecule has 0 saturated carbocycles. The first-order valence-electron chi connectivity index (χ1n) is 6.08. The molecule has 5 nitrogen and oxygen atoms in total.